The molecule has 0 saturated heterocycles. The summed E-state index contributed by atoms with van der Waals surface area (Å²) in [6.07, 6.45) is 1.62. The van der Waals surface area contributed by atoms with Crippen LogP contribution < -0.4 is 10.2 Å². The molecule has 1 N–H and O–H groups in total. The molecule has 0 bridgehead atoms. The number of hydrazone groups is 1. The summed E-state index contributed by atoms with van der Waals surface area (Å²) in [5.41, 5.74) is 1.63. The zero-order valence-corrected chi connectivity index (χ0v) is 13.8. The molecular formula is C17H24N4O2. The summed E-state index contributed by atoms with van der Waals surface area (Å²) in [6, 6.07) is 10.2. The smallest absolute Gasteiger partial charge is 0.267 e. The van der Waals surface area contributed by atoms with Gasteiger partial charge in [0.05, 0.1) is 0 Å². The van der Waals surface area contributed by atoms with Crippen molar-refractivity contribution in [3.8, 4) is 0 Å². The molecule has 0 fully saturated rings. The molecule has 2 rings (SSSR count). The lowest BCUT2D eigenvalue weighted by atomic mass is 10.1. The molecule has 6 heteroatoms. The van der Waals surface area contributed by atoms with E-state index < -0.39 is 0 Å². The van der Waals surface area contributed by atoms with E-state index in [-0.39, 0.29) is 11.8 Å². The number of anilines is 1. The Kier molecular flexibility index (Phi) is 6.14. The van der Waals surface area contributed by atoms with E-state index in [9.17, 15) is 9.59 Å². The molecular weight excluding hydrogens is 292 g/mol. The average Bonchev–Trinajstić information content (AvgIpc) is 2.58. The quantitative estimate of drug-likeness (QED) is 0.778. The van der Waals surface area contributed by atoms with Gasteiger partial charge >= 0.3 is 0 Å². The monoisotopic (exact) mass is 316 g/mol. The number of hydrogen-bond acceptors (Lipinski definition) is 4. The molecule has 1 heterocycles. The first-order valence-corrected chi connectivity index (χ1v) is 8.04. The van der Waals surface area contributed by atoms with Crippen LogP contribution in [0.2, 0.25) is 0 Å². The molecule has 0 saturated carbocycles. The first-order chi connectivity index (χ1) is 11.1. The van der Waals surface area contributed by atoms with E-state index in [1.807, 2.05) is 18.2 Å². The third-order valence-corrected chi connectivity index (χ3v) is 3.86. The second kappa shape index (κ2) is 8.31. The fourth-order valence-electron chi connectivity index (χ4n) is 2.52. The topological polar surface area (TPSA) is 65.0 Å². The van der Waals surface area contributed by atoms with Crippen LogP contribution in [-0.2, 0) is 9.59 Å². The van der Waals surface area contributed by atoms with Crippen LogP contribution in [0.25, 0.3) is 0 Å². The second-order valence-corrected chi connectivity index (χ2v) is 5.49. The Bertz CT molecular complexity index is 571. The van der Waals surface area contributed by atoms with Crippen LogP contribution in [-0.4, -0.2) is 49.2 Å². The van der Waals surface area contributed by atoms with Gasteiger partial charge in [0.25, 0.3) is 5.91 Å². The summed E-state index contributed by atoms with van der Waals surface area (Å²) in [7, 11) is 1.58. The van der Waals surface area contributed by atoms with E-state index in [4.69, 9.17) is 0 Å². The van der Waals surface area contributed by atoms with Crippen LogP contribution in [0.15, 0.2) is 35.4 Å². The van der Waals surface area contributed by atoms with Crippen LogP contribution in [0.3, 0.4) is 0 Å². The van der Waals surface area contributed by atoms with E-state index in [2.05, 4.69) is 34.4 Å². The van der Waals surface area contributed by atoms with Crippen molar-refractivity contribution in [1.82, 2.24) is 10.3 Å². The average molecular weight is 316 g/mol. The Hall–Kier alpha value is -2.37. The van der Waals surface area contributed by atoms with Gasteiger partial charge in [-0.05, 0) is 25.5 Å². The number of nitrogens with one attached hydrogen (secondary N) is 1. The second-order valence-electron chi connectivity index (χ2n) is 5.49. The Morgan fingerprint density at radius 1 is 1.30 bits per heavy atom. The van der Waals surface area contributed by atoms with E-state index >= 15 is 0 Å². The van der Waals surface area contributed by atoms with Crippen molar-refractivity contribution in [3.05, 3.63) is 30.3 Å². The van der Waals surface area contributed by atoms with Crippen LogP contribution in [0, 0.1) is 0 Å². The molecule has 1 aromatic rings. The first kappa shape index (κ1) is 17.0. The molecule has 0 atom stereocenters. The van der Waals surface area contributed by atoms with Gasteiger partial charge in [0.15, 0.2) is 0 Å². The summed E-state index contributed by atoms with van der Waals surface area (Å²) in [6.45, 7) is 4.53. The van der Waals surface area contributed by atoms with Crippen molar-refractivity contribution in [2.24, 2.45) is 5.10 Å². The fraction of sp³-hybridized carbons (Fsp3) is 0.471. The summed E-state index contributed by atoms with van der Waals surface area (Å²) in [4.78, 5) is 25.7. The predicted octanol–water partition coefficient (Wildman–Crippen LogP) is 1.63. The molecule has 23 heavy (non-hydrogen) atoms. The maximum Gasteiger partial charge on any atom is 0.267 e. The summed E-state index contributed by atoms with van der Waals surface area (Å²) >= 11 is 0. The van der Waals surface area contributed by atoms with Gasteiger partial charge in [0, 0.05) is 45.2 Å². The van der Waals surface area contributed by atoms with Gasteiger partial charge in [-0.15, -0.1) is 0 Å². The van der Waals surface area contributed by atoms with Gasteiger partial charge in [0.1, 0.15) is 5.71 Å². The Labute approximate surface area is 137 Å². The SMILES string of the molecule is CCN(CCCNC(=O)C1=NN(C)C(=O)CC1)c1ccccc1. The van der Waals surface area contributed by atoms with Crippen molar-refractivity contribution in [2.45, 2.75) is 26.2 Å². The Balaban J connectivity index is 1.75. The molecule has 6 nitrogen and oxygen atoms in total. The number of para-hydroxylation sites is 1. The standard InChI is InChI=1S/C17H24N4O2/c1-3-21(14-8-5-4-6-9-14)13-7-12-18-17(23)15-10-11-16(22)20(2)19-15/h4-6,8-9H,3,7,10-13H2,1-2H3,(H,18,23). The molecule has 1 aliphatic heterocycles. The lowest BCUT2D eigenvalue weighted by Crippen LogP contribution is -2.38. The van der Waals surface area contributed by atoms with Gasteiger partial charge in [-0.2, -0.15) is 5.10 Å². The molecule has 0 aliphatic carbocycles. The molecule has 1 aromatic carbocycles. The number of rotatable bonds is 7. The van der Waals surface area contributed by atoms with Crippen molar-refractivity contribution >= 4 is 23.2 Å². The molecule has 0 spiro atoms. The number of amides is 2. The van der Waals surface area contributed by atoms with Crippen molar-refractivity contribution < 1.29 is 9.59 Å². The lowest BCUT2D eigenvalue weighted by Gasteiger charge is -2.23. The molecule has 124 valence electrons. The lowest BCUT2D eigenvalue weighted by molar-refractivity contribution is -0.130. The number of carbonyl (C=O) groups is 2. The maximum atomic E-state index is 12.0. The highest BCUT2D eigenvalue weighted by molar-refractivity contribution is 6.39. The van der Waals surface area contributed by atoms with E-state index in [0.29, 0.717) is 25.1 Å². The largest absolute Gasteiger partial charge is 0.372 e. The highest BCUT2D eigenvalue weighted by Gasteiger charge is 2.21. The fourth-order valence-corrected chi connectivity index (χ4v) is 2.52. The number of carbonyl (C=O) groups excluding carboxylic acids is 2. The molecule has 1 aliphatic rings. The zero-order chi connectivity index (χ0) is 16.7. The minimum absolute atomic E-state index is 0.0528. The van der Waals surface area contributed by atoms with E-state index in [1.54, 1.807) is 7.05 Å². The third kappa shape index (κ3) is 4.81. The highest BCUT2D eigenvalue weighted by Crippen LogP contribution is 2.12. The van der Waals surface area contributed by atoms with Crippen LogP contribution in [0.1, 0.15) is 26.2 Å². The minimum atomic E-state index is -0.174. The maximum absolute atomic E-state index is 12.0. The minimum Gasteiger partial charge on any atom is -0.372 e. The van der Waals surface area contributed by atoms with Gasteiger partial charge < -0.3 is 10.2 Å². The van der Waals surface area contributed by atoms with Crippen LogP contribution in [0.5, 0.6) is 0 Å². The molecule has 0 unspecified atom stereocenters. The number of nitrogens with zero attached hydrogens (tertiary/aromatic N) is 3. The van der Waals surface area contributed by atoms with Gasteiger partial charge in [-0.3, -0.25) is 9.59 Å². The summed E-state index contributed by atoms with van der Waals surface area (Å²) < 4.78 is 0. The Morgan fingerprint density at radius 3 is 2.70 bits per heavy atom. The zero-order valence-electron chi connectivity index (χ0n) is 13.8. The van der Waals surface area contributed by atoms with Gasteiger partial charge in [0.2, 0.25) is 5.91 Å². The molecule has 0 radical (unpaired) electrons. The van der Waals surface area contributed by atoms with Crippen LogP contribution >= 0.6 is 0 Å². The summed E-state index contributed by atoms with van der Waals surface area (Å²) in [5, 5.41) is 8.15. The number of benzene rings is 1. The first-order valence-electron chi connectivity index (χ1n) is 8.04. The van der Waals surface area contributed by atoms with Crippen molar-refractivity contribution in [1.29, 1.82) is 0 Å². The van der Waals surface area contributed by atoms with E-state index in [0.717, 1.165) is 19.5 Å². The molecule has 2 amide bonds. The van der Waals surface area contributed by atoms with Crippen molar-refractivity contribution in [3.63, 3.8) is 0 Å². The van der Waals surface area contributed by atoms with E-state index in [1.165, 1.54) is 10.7 Å². The predicted molar refractivity (Wildman–Crippen MR) is 91.4 cm³/mol. The van der Waals surface area contributed by atoms with Gasteiger partial charge in [-0.1, -0.05) is 18.2 Å². The molecule has 0 aromatic heterocycles. The number of hydrogen-bond donors (Lipinski definition) is 1. The van der Waals surface area contributed by atoms with Crippen molar-refractivity contribution in [2.75, 3.05) is 31.6 Å². The third-order valence-electron chi connectivity index (χ3n) is 3.86. The highest BCUT2D eigenvalue weighted by atomic mass is 16.2. The summed E-state index contributed by atoms with van der Waals surface area (Å²) in [5.74, 6) is -0.227. The Morgan fingerprint density at radius 2 is 2.04 bits per heavy atom. The van der Waals surface area contributed by atoms with Gasteiger partial charge in [-0.25, -0.2) is 5.01 Å². The van der Waals surface area contributed by atoms with Crippen LogP contribution in [0.4, 0.5) is 5.69 Å². The normalized spacial score (nSPS) is 14.4.